The number of rotatable bonds is 4. The molecular weight excluding hydrogens is 341 g/mol. The Balaban J connectivity index is 1.89. The first-order chi connectivity index (χ1) is 8.66. The van der Waals surface area contributed by atoms with Gasteiger partial charge in [0.15, 0.2) is 6.10 Å². The van der Waals surface area contributed by atoms with Crippen LogP contribution in [0.25, 0.3) is 0 Å². The van der Waals surface area contributed by atoms with Gasteiger partial charge in [-0.15, -0.1) is 0 Å². The second-order valence-electron chi connectivity index (χ2n) is 4.68. The monoisotopic (exact) mass is 359 g/mol. The first-order valence-electron chi connectivity index (χ1n) is 6.38. The topological polar surface area (TPSA) is 38.3 Å². The zero-order valence-corrected chi connectivity index (χ0v) is 12.6. The first-order valence-corrected chi connectivity index (χ1v) is 7.46. The van der Waals surface area contributed by atoms with E-state index in [1.165, 1.54) is 12.8 Å². The van der Waals surface area contributed by atoms with Gasteiger partial charge in [-0.2, -0.15) is 0 Å². The van der Waals surface area contributed by atoms with Crippen LogP contribution in [0.4, 0.5) is 0 Å². The predicted molar refractivity (Wildman–Crippen MR) is 79.6 cm³/mol. The van der Waals surface area contributed by atoms with E-state index in [1.54, 1.807) is 6.92 Å². The van der Waals surface area contributed by atoms with Crippen molar-refractivity contribution in [3.05, 3.63) is 27.8 Å². The zero-order chi connectivity index (χ0) is 13.0. The van der Waals surface area contributed by atoms with E-state index in [0.29, 0.717) is 6.04 Å². The number of benzene rings is 1. The van der Waals surface area contributed by atoms with Crippen molar-refractivity contribution in [3.8, 4) is 5.75 Å². The molecule has 1 amide bonds. The summed E-state index contributed by atoms with van der Waals surface area (Å²) in [6.45, 7) is 1.80. The summed E-state index contributed by atoms with van der Waals surface area (Å²) in [5.41, 5.74) is 0. The van der Waals surface area contributed by atoms with Crippen LogP contribution in [0.15, 0.2) is 24.3 Å². The number of ether oxygens (including phenoxy) is 1. The van der Waals surface area contributed by atoms with Gasteiger partial charge in [-0.25, -0.2) is 0 Å². The molecule has 0 radical (unpaired) electrons. The van der Waals surface area contributed by atoms with Crippen molar-refractivity contribution in [1.82, 2.24) is 5.32 Å². The molecule has 0 aliphatic heterocycles. The third-order valence-corrected chi connectivity index (χ3v) is 4.10. The number of halogens is 1. The number of amides is 1. The van der Waals surface area contributed by atoms with Crippen molar-refractivity contribution < 1.29 is 9.53 Å². The summed E-state index contributed by atoms with van der Waals surface area (Å²) in [4.78, 5) is 12.0. The third-order valence-electron chi connectivity index (χ3n) is 3.21. The van der Waals surface area contributed by atoms with Gasteiger partial charge in [-0.05, 0) is 54.5 Å². The molecule has 1 unspecified atom stereocenters. The van der Waals surface area contributed by atoms with Crippen LogP contribution in [-0.2, 0) is 4.79 Å². The van der Waals surface area contributed by atoms with Crippen LogP contribution < -0.4 is 10.1 Å². The molecule has 0 heterocycles. The van der Waals surface area contributed by atoms with Crippen LogP contribution in [0.2, 0.25) is 0 Å². The summed E-state index contributed by atoms with van der Waals surface area (Å²) in [7, 11) is 0. The molecule has 3 nitrogen and oxygen atoms in total. The van der Waals surface area contributed by atoms with Gasteiger partial charge in [0, 0.05) is 6.04 Å². The molecular formula is C14H18INO2. The molecule has 0 saturated heterocycles. The number of carbonyl (C=O) groups excluding carboxylic acids is 1. The fourth-order valence-corrected chi connectivity index (χ4v) is 2.69. The lowest BCUT2D eigenvalue weighted by molar-refractivity contribution is -0.128. The van der Waals surface area contributed by atoms with Gasteiger partial charge in [0.25, 0.3) is 5.91 Å². The second kappa shape index (κ2) is 6.41. The Labute approximate surface area is 121 Å². The van der Waals surface area contributed by atoms with E-state index >= 15 is 0 Å². The van der Waals surface area contributed by atoms with Crippen molar-refractivity contribution in [3.63, 3.8) is 0 Å². The van der Waals surface area contributed by atoms with Crippen molar-refractivity contribution in [2.24, 2.45) is 0 Å². The molecule has 0 aromatic heterocycles. The van der Waals surface area contributed by atoms with Crippen LogP contribution in [0.3, 0.4) is 0 Å². The van der Waals surface area contributed by atoms with E-state index in [2.05, 4.69) is 27.9 Å². The fourth-order valence-electron chi connectivity index (χ4n) is 2.17. The minimum absolute atomic E-state index is 0.0125. The molecule has 0 bridgehead atoms. The SMILES string of the molecule is CC(Oc1ccccc1I)C(=O)NC1CCCC1. The Morgan fingerprint density at radius 3 is 2.72 bits per heavy atom. The Morgan fingerprint density at radius 1 is 1.39 bits per heavy atom. The van der Waals surface area contributed by atoms with E-state index in [-0.39, 0.29) is 5.91 Å². The van der Waals surface area contributed by atoms with Gasteiger partial charge in [-0.1, -0.05) is 25.0 Å². The minimum Gasteiger partial charge on any atom is -0.480 e. The molecule has 1 saturated carbocycles. The number of hydrogen-bond acceptors (Lipinski definition) is 2. The minimum atomic E-state index is -0.443. The molecule has 1 aromatic carbocycles. The Morgan fingerprint density at radius 2 is 2.06 bits per heavy atom. The van der Waals surface area contributed by atoms with E-state index in [9.17, 15) is 4.79 Å². The van der Waals surface area contributed by atoms with E-state index < -0.39 is 6.10 Å². The van der Waals surface area contributed by atoms with E-state index in [4.69, 9.17) is 4.74 Å². The van der Waals surface area contributed by atoms with Gasteiger partial charge in [0.2, 0.25) is 0 Å². The van der Waals surface area contributed by atoms with Gasteiger partial charge >= 0.3 is 0 Å². The lowest BCUT2D eigenvalue weighted by Crippen LogP contribution is -2.41. The molecule has 4 heteroatoms. The maximum absolute atomic E-state index is 12.0. The largest absolute Gasteiger partial charge is 0.480 e. The summed E-state index contributed by atoms with van der Waals surface area (Å²) < 4.78 is 6.72. The second-order valence-corrected chi connectivity index (χ2v) is 5.84. The molecule has 2 rings (SSSR count). The van der Waals surface area contributed by atoms with Gasteiger partial charge in [0.05, 0.1) is 3.57 Å². The highest BCUT2D eigenvalue weighted by atomic mass is 127. The molecule has 1 aromatic rings. The molecule has 1 atom stereocenters. The lowest BCUT2D eigenvalue weighted by atomic mass is 10.2. The van der Waals surface area contributed by atoms with Crippen LogP contribution in [0.5, 0.6) is 5.75 Å². The smallest absolute Gasteiger partial charge is 0.260 e. The number of para-hydroxylation sites is 1. The van der Waals surface area contributed by atoms with Gasteiger partial charge < -0.3 is 10.1 Å². The highest BCUT2D eigenvalue weighted by molar-refractivity contribution is 14.1. The van der Waals surface area contributed by atoms with Gasteiger partial charge in [-0.3, -0.25) is 4.79 Å². The summed E-state index contributed by atoms with van der Waals surface area (Å²) >= 11 is 2.21. The fraction of sp³-hybridized carbons (Fsp3) is 0.500. The Bertz CT molecular complexity index is 416. The van der Waals surface area contributed by atoms with Crippen molar-refractivity contribution in [2.75, 3.05) is 0 Å². The van der Waals surface area contributed by atoms with Crippen LogP contribution in [-0.4, -0.2) is 18.1 Å². The molecule has 18 heavy (non-hydrogen) atoms. The lowest BCUT2D eigenvalue weighted by Gasteiger charge is -2.18. The van der Waals surface area contributed by atoms with Crippen LogP contribution >= 0.6 is 22.6 Å². The highest BCUT2D eigenvalue weighted by Gasteiger charge is 2.21. The molecule has 1 fully saturated rings. The molecule has 1 aliphatic rings. The van der Waals surface area contributed by atoms with E-state index in [1.807, 2.05) is 24.3 Å². The predicted octanol–water partition coefficient (Wildman–Crippen LogP) is 3.12. The molecule has 1 aliphatic carbocycles. The normalized spacial score (nSPS) is 17.4. The molecule has 1 N–H and O–H groups in total. The van der Waals surface area contributed by atoms with Crippen molar-refractivity contribution in [1.29, 1.82) is 0 Å². The number of carbonyl (C=O) groups is 1. The average molecular weight is 359 g/mol. The zero-order valence-electron chi connectivity index (χ0n) is 10.5. The maximum atomic E-state index is 12.0. The van der Waals surface area contributed by atoms with Crippen molar-refractivity contribution in [2.45, 2.75) is 44.8 Å². The van der Waals surface area contributed by atoms with Crippen LogP contribution in [0.1, 0.15) is 32.6 Å². The summed E-state index contributed by atoms with van der Waals surface area (Å²) in [6, 6.07) is 8.08. The Kier molecular flexibility index (Phi) is 4.86. The van der Waals surface area contributed by atoms with E-state index in [0.717, 1.165) is 22.2 Å². The van der Waals surface area contributed by atoms with Crippen LogP contribution in [0, 0.1) is 3.57 Å². The van der Waals surface area contributed by atoms with Gasteiger partial charge in [0.1, 0.15) is 5.75 Å². The quantitative estimate of drug-likeness (QED) is 0.839. The molecule has 0 spiro atoms. The summed E-state index contributed by atoms with van der Waals surface area (Å²) in [5, 5.41) is 3.05. The maximum Gasteiger partial charge on any atom is 0.260 e. The van der Waals surface area contributed by atoms with Crippen molar-refractivity contribution >= 4 is 28.5 Å². The molecule has 98 valence electrons. The number of nitrogens with one attached hydrogen (secondary N) is 1. The highest BCUT2D eigenvalue weighted by Crippen LogP contribution is 2.21. The third kappa shape index (κ3) is 3.60. The number of hydrogen-bond donors (Lipinski definition) is 1. The standard InChI is InChI=1S/C14H18INO2/c1-10(14(17)16-11-6-2-3-7-11)18-13-9-5-4-8-12(13)15/h4-5,8-11H,2-3,6-7H2,1H3,(H,16,17). The average Bonchev–Trinajstić information content (AvgIpc) is 2.84. The first kappa shape index (κ1) is 13.6. The Hall–Kier alpha value is -0.780. The summed E-state index contributed by atoms with van der Waals surface area (Å²) in [6.07, 6.45) is 4.19. The summed E-state index contributed by atoms with van der Waals surface area (Å²) in [5.74, 6) is 0.758.